The molecule has 9 heteroatoms. The molecule has 5 N–H and O–H groups in total. The van der Waals surface area contributed by atoms with Crippen molar-refractivity contribution < 1.29 is 9.59 Å². The van der Waals surface area contributed by atoms with Crippen LogP contribution in [0.1, 0.15) is 29.8 Å². The lowest BCUT2D eigenvalue weighted by Gasteiger charge is -2.39. The highest BCUT2D eigenvalue weighted by Crippen LogP contribution is 2.26. The highest BCUT2D eigenvalue weighted by atomic mass is 16.2. The number of nitrogens with two attached hydrogens (primary N) is 1. The summed E-state index contributed by atoms with van der Waals surface area (Å²) in [6.45, 7) is 8.19. The molecule has 2 amide bonds. The number of aromatic nitrogens is 1. The van der Waals surface area contributed by atoms with Crippen LogP contribution < -0.4 is 26.6 Å². The molecule has 1 saturated heterocycles. The lowest BCUT2D eigenvalue weighted by molar-refractivity contribution is -0.132. The molecular weight excluding hydrogens is 466 g/mol. The first-order valence-corrected chi connectivity index (χ1v) is 12.7. The van der Waals surface area contributed by atoms with E-state index in [1.807, 2.05) is 73.3 Å². The first-order valence-electron chi connectivity index (χ1n) is 12.7. The van der Waals surface area contributed by atoms with E-state index in [2.05, 4.69) is 25.8 Å². The molecule has 37 heavy (non-hydrogen) atoms. The summed E-state index contributed by atoms with van der Waals surface area (Å²) in [7, 11) is 0. The Morgan fingerprint density at radius 1 is 1.11 bits per heavy atom. The summed E-state index contributed by atoms with van der Waals surface area (Å²) in [5.74, 6) is 0.197. The molecule has 0 aliphatic carbocycles. The van der Waals surface area contributed by atoms with E-state index in [1.54, 1.807) is 6.07 Å². The summed E-state index contributed by atoms with van der Waals surface area (Å²) in [6, 6.07) is 19.5. The molecule has 1 aliphatic rings. The van der Waals surface area contributed by atoms with Gasteiger partial charge in [-0.05, 0) is 43.7 Å². The van der Waals surface area contributed by atoms with E-state index >= 15 is 0 Å². The van der Waals surface area contributed by atoms with Gasteiger partial charge in [-0.15, -0.1) is 0 Å². The van der Waals surface area contributed by atoms with Crippen LogP contribution in [-0.2, 0) is 11.3 Å². The van der Waals surface area contributed by atoms with Crippen molar-refractivity contribution in [3.63, 3.8) is 0 Å². The van der Waals surface area contributed by atoms with Gasteiger partial charge in [0.2, 0.25) is 5.91 Å². The van der Waals surface area contributed by atoms with Crippen molar-refractivity contribution in [2.75, 3.05) is 48.3 Å². The number of carbonyl (C=O) groups excluding carboxylic acids is 2. The molecule has 1 atom stereocenters. The van der Waals surface area contributed by atoms with Gasteiger partial charge in [-0.1, -0.05) is 30.3 Å². The number of likely N-dealkylation sites (N-methyl/N-ethyl adjacent to an activating group) is 1. The van der Waals surface area contributed by atoms with E-state index in [1.165, 1.54) is 6.20 Å². The number of pyridine rings is 1. The van der Waals surface area contributed by atoms with Gasteiger partial charge in [0.1, 0.15) is 11.9 Å². The second-order valence-electron chi connectivity index (χ2n) is 8.91. The Bertz CT molecular complexity index is 1200. The van der Waals surface area contributed by atoms with Gasteiger partial charge in [0.25, 0.3) is 5.91 Å². The zero-order chi connectivity index (χ0) is 26.2. The van der Waals surface area contributed by atoms with E-state index in [0.29, 0.717) is 43.2 Å². The molecule has 4 rings (SSSR count). The van der Waals surface area contributed by atoms with Gasteiger partial charge in [-0.3, -0.25) is 9.59 Å². The molecule has 0 spiro atoms. The van der Waals surface area contributed by atoms with Crippen LogP contribution in [0, 0.1) is 0 Å². The van der Waals surface area contributed by atoms with Gasteiger partial charge >= 0.3 is 0 Å². The van der Waals surface area contributed by atoms with Crippen molar-refractivity contribution in [2.24, 2.45) is 5.73 Å². The summed E-state index contributed by atoms with van der Waals surface area (Å²) >= 11 is 0. The number of carbonyl (C=O) groups is 2. The Kier molecular flexibility index (Phi) is 8.58. The summed E-state index contributed by atoms with van der Waals surface area (Å²) in [5.41, 5.74) is 9.45. The summed E-state index contributed by atoms with van der Waals surface area (Å²) in [6.07, 6.45) is 1.48. The van der Waals surface area contributed by atoms with Crippen molar-refractivity contribution in [3.05, 3.63) is 78.0 Å². The Morgan fingerprint density at radius 2 is 1.84 bits per heavy atom. The van der Waals surface area contributed by atoms with Crippen LogP contribution >= 0.6 is 0 Å². The van der Waals surface area contributed by atoms with Gasteiger partial charge in [0.05, 0.1) is 11.3 Å². The normalized spacial score (nSPS) is 15.2. The number of rotatable bonds is 10. The quantitative estimate of drug-likeness (QED) is 0.337. The predicted octanol–water partition coefficient (Wildman–Crippen LogP) is 3.18. The minimum Gasteiger partial charge on any atom is -0.380 e. The van der Waals surface area contributed by atoms with Gasteiger partial charge < -0.3 is 31.5 Å². The van der Waals surface area contributed by atoms with Crippen molar-refractivity contribution in [3.8, 4) is 0 Å². The number of nitrogens with zero attached hydrogens (tertiary/aromatic N) is 3. The van der Waals surface area contributed by atoms with Crippen molar-refractivity contribution in [2.45, 2.75) is 26.4 Å². The van der Waals surface area contributed by atoms with Crippen LogP contribution in [0.4, 0.5) is 22.9 Å². The highest BCUT2D eigenvalue weighted by Gasteiger charge is 2.31. The molecule has 2 heterocycles. The highest BCUT2D eigenvalue weighted by molar-refractivity contribution is 5.98. The Hall–Kier alpha value is -4.11. The van der Waals surface area contributed by atoms with Crippen LogP contribution in [0.5, 0.6) is 0 Å². The first kappa shape index (κ1) is 26.0. The smallest absolute Gasteiger partial charge is 0.252 e. The molecule has 0 radical (unpaired) electrons. The molecule has 1 unspecified atom stereocenters. The van der Waals surface area contributed by atoms with E-state index in [9.17, 15) is 9.59 Å². The lowest BCUT2D eigenvalue weighted by Crippen LogP contribution is -2.58. The second-order valence-corrected chi connectivity index (χ2v) is 8.91. The minimum absolute atomic E-state index is 0.147. The number of hydrogen-bond donors (Lipinski definition) is 4. The molecule has 0 saturated carbocycles. The van der Waals surface area contributed by atoms with E-state index < -0.39 is 5.91 Å². The van der Waals surface area contributed by atoms with Crippen LogP contribution in [0.3, 0.4) is 0 Å². The zero-order valence-corrected chi connectivity index (χ0v) is 21.4. The third-order valence-corrected chi connectivity index (χ3v) is 6.57. The molecule has 194 valence electrons. The number of primary amides is 1. The SMILES string of the molecule is CCN(CC)C(=O)C1CNCCN1c1ccc(Nc2cc(NCc3ccccc3)c(C(N)=O)cn2)cc1. The fourth-order valence-corrected chi connectivity index (χ4v) is 4.52. The summed E-state index contributed by atoms with van der Waals surface area (Å²) in [4.78, 5) is 33.4. The zero-order valence-electron chi connectivity index (χ0n) is 21.4. The standard InChI is InChI=1S/C28H35N7O2/c1-3-34(4-2)28(37)25-19-30-14-15-35(25)22-12-10-21(11-13-22)33-26-16-24(23(18-32-26)27(29)36)31-17-20-8-6-5-7-9-20/h5-13,16,18,25,30H,3-4,14-15,17,19H2,1-2H3,(H2,29,36)(H2,31,32,33). The first-order chi connectivity index (χ1) is 18.0. The predicted molar refractivity (Wildman–Crippen MR) is 148 cm³/mol. The number of anilines is 4. The van der Waals surface area contributed by atoms with Gasteiger partial charge in [-0.2, -0.15) is 0 Å². The maximum atomic E-state index is 13.1. The monoisotopic (exact) mass is 501 g/mol. The largest absolute Gasteiger partial charge is 0.380 e. The third-order valence-electron chi connectivity index (χ3n) is 6.57. The minimum atomic E-state index is -0.538. The van der Waals surface area contributed by atoms with Gasteiger partial charge in [-0.25, -0.2) is 4.98 Å². The Morgan fingerprint density at radius 3 is 2.51 bits per heavy atom. The number of benzene rings is 2. The molecular formula is C28H35N7O2. The maximum absolute atomic E-state index is 13.1. The van der Waals surface area contributed by atoms with E-state index in [-0.39, 0.29) is 11.9 Å². The van der Waals surface area contributed by atoms with Crippen LogP contribution in [0.25, 0.3) is 0 Å². The van der Waals surface area contributed by atoms with Crippen molar-refractivity contribution in [1.82, 2.24) is 15.2 Å². The molecule has 1 aromatic heterocycles. The lowest BCUT2D eigenvalue weighted by atomic mass is 10.1. The molecule has 3 aromatic rings. The molecule has 2 aromatic carbocycles. The number of piperazine rings is 1. The van der Waals surface area contributed by atoms with E-state index in [0.717, 1.165) is 30.0 Å². The average molecular weight is 502 g/mol. The van der Waals surface area contributed by atoms with Gasteiger partial charge in [0.15, 0.2) is 0 Å². The molecule has 0 bridgehead atoms. The topological polar surface area (TPSA) is 116 Å². The molecule has 1 fully saturated rings. The van der Waals surface area contributed by atoms with Gasteiger partial charge in [0, 0.05) is 62.9 Å². The Balaban J connectivity index is 1.48. The van der Waals surface area contributed by atoms with Crippen molar-refractivity contribution >= 4 is 34.7 Å². The van der Waals surface area contributed by atoms with Crippen molar-refractivity contribution in [1.29, 1.82) is 0 Å². The Labute approximate surface area is 218 Å². The van der Waals surface area contributed by atoms with Crippen LogP contribution in [0.2, 0.25) is 0 Å². The van der Waals surface area contributed by atoms with Crippen LogP contribution in [0.15, 0.2) is 66.9 Å². The summed E-state index contributed by atoms with van der Waals surface area (Å²) < 4.78 is 0. The summed E-state index contributed by atoms with van der Waals surface area (Å²) in [5, 5.41) is 9.95. The number of hydrogen-bond acceptors (Lipinski definition) is 7. The fraction of sp³-hybridized carbons (Fsp3) is 0.321. The third kappa shape index (κ3) is 6.37. The second kappa shape index (κ2) is 12.2. The fourth-order valence-electron chi connectivity index (χ4n) is 4.52. The van der Waals surface area contributed by atoms with E-state index in [4.69, 9.17) is 5.73 Å². The maximum Gasteiger partial charge on any atom is 0.252 e. The molecule has 9 nitrogen and oxygen atoms in total. The average Bonchev–Trinajstić information content (AvgIpc) is 2.93. The number of nitrogens with one attached hydrogen (secondary N) is 3. The van der Waals surface area contributed by atoms with Crippen LogP contribution in [-0.4, -0.2) is 60.5 Å². The number of amides is 2. The molecule has 1 aliphatic heterocycles.